The number of nitrogens with one attached hydrogen (secondary N) is 1. The molecule has 1 N–H and O–H groups in total. The Hall–Kier alpha value is -1.07. The van der Waals surface area contributed by atoms with Crippen LogP contribution >= 0.6 is 34.8 Å². The highest BCUT2D eigenvalue weighted by molar-refractivity contribution is 6.32. The molecule has 1 aliphatic rings. The lowest BCUT2D eigenvalue weighted by atomic mass is 10.2. The lowest BCUT2D eigenvalue weighted by Crippen LogP contribution is -2.34. The van der Waals surface area contributed by atoms with Gasteiger partial charge >= 0.3 is 0 Å². The van der Waals surface area contributed by atoms with Crippen molar-refractivity contribution in [3.05, 3.63) is 52.3 Å². The molecule has 2 atom stereocenters. The van der Waals surface area contributed by atoms with Crippen molar-refractivity contribution in [2.24, 2.45) is 0 Å². The quantitative estimate of drug-likeness (QED) is 0.666. The number of nitrogens with zero attached hydrogens (tertiary/aromatic N) is 3. The third-order valence-corrected chi connectivity index (χ3v) is 4.54. The summed E-state index contributed by atoms with van der Waals surface area (Å²) in [5.74, 6) is 0.692. The van der Waals surface area contributed by atoms with E-state index in [1.807, 2.05) is 24.3 Å². The van der Waals surface area contributed by atoms with Crippen LogP contribution < -0.4 is 10.2 Å². The Balaban J connectivity index is 1.61. The van der Waals surface area contributed by atoms with Gasteiger partial charge in [0.15, 0.2) is 0 Å². The van der Waals surface area contributed by atoms with Crippen molar-refractivity contribution in [2.75, 3.05) is 18.0 Å². The van der Waals surface area contributed by atoms with Crippen LogP contribution in [0.5, 0.6) is 0 Å². The highest BCUT2D eigenvalue weighted by Crippen LogP contribution is 2.27. The van der Waals surface area contributed by atoms with Crippen LogP contribution in [0.15, 0.2) is 36.7 Å². The molecule has 0 bridgehead atoms. The summed E-state index contributed by atoms with van der Waals surface area (Å²) in [6, 6.07) is 7.86. The zero-order valence-electron chi connectivity index (χ0n) is 11.7. The van der Waals surface area contributed by atoms with Crippen LogP contribution in [-0.4, -0.2) is 29.1 Å². The first-order chi connectivity index (χ1) is 10.6. The second-order valence-corrected chi connectivity index (χ2v) is 6.46. The Bertz CT molecular complexity index is 635. The minimum Gasteiger partial charge on any atom is -0.339 e. The van der Waals surface area contributed by atoms with E-state index in [4.69, 9.17) is 34.8 Å². The molecule has 4 nitrogen and oxygen atoms in total. The van der Waals surface area contributed by atoms with E-state index in [-0.39, 0.29) is 11.5 Å². The summed E-state index contributed by atoms with van der Waals surface area (Å²) < 4.78 is 0. The van der Waals surface area contributed by atoms with E-state index >= 15 is 0 Å². The van der Waals surface area contributed by atoms with Crippen molar-refractivity contribution in [1.82, 2.24) is 15.3 Å². The molecule has 0 amide bonds. The Labute approximate surface area is 144 Å². The van der Waals surface area contributed by atoms with Gasteiger partial charge in [0.05, 0.1) is 17.4 Å². The molecule has 0 spiro atoms. The van der Waals surface area contributed by atoms with Crippen molar-refractivity contribution in [3.63, 3.8) is 0 Å². The predicted molar refractivity (Wildman–Crippen MR) is 90.8 cm³/mol. The Morgan fingerprint density at radius 2 is 1.91 bits per heavy atom. The van der Waals surface area contributed by atoms with Crippen LogP contribution in [0.25, 0.3) is 0 Å². The Kier molecular flexibility index (Phi) is 5.03. The summed E-state index contributed by atoms with van der Waals surface area (Å²) >= 11 is 18.4. The van der Waals surface area contributed by atoms with Gasteiger partial charge in [-0.2, -0.15) is 0 Å². The SMILES string of the molecule is Clc1cnc(N2CCC(NC(Cl)c3ccccc3Cl)C2)nc1. The van der Waals surface area contributed by atoms with Crippen molar-refractivity contribution in [2.45, 2.75) is 18.0 Å². The van der Waals surface area contributed by atoms with Gasteiger partial charge in [-0.15, -0.1) is 11.6 Å². The molecule has 0 radical (unpaired) electrons. The average molecular weight is 358 g/mol. The van der Waals surface area contributed by atoms with Gasteiger partial charge in [0.1, 0.15) is 5.50 Å². The minimum absolute atomic E-state index is 0.262. The maximum atomic E-state index is 6.44. The van der Waals surface area contributed by atoms with Crippen molar-refractivity contribution < 1.29 is 0 Å². The standard InChI is InChI=1S/C15H15Cl3N4/c16-10-7-19-15(20-8-10)22-6-5-11(9-22)21-14(18)12-3-1-2-4-13(12)17/h1-4,7-8,11,14,21H,5-6,9H2. The molecule has 1 fully saturated rings. The van der Waals surface area contributed by atoms with E-state index in [1.54, 1.807) is 12.4 Å². The van der Waals surface area contributed by atoms with Crippen LogP contribution in [0.1, 0.15) is 17.5 Å². The van der Waals surface area contributed by atoms with E-state index in [0.29, 0.717) is 16.0 Å². The first-order valence-corrected chi connectivity index (χ1v) is 8.20. The van der Waals surface area contributed by atoms with E-state index in [1.165, 1.54) is 0 Å². The molecule has 0 aliphatic carbocycles. The number of benzene rings is 1. The molecule has 1 saturated heterocycles. The second-order valence-electron chi connectivity index (χ2n) is 5.18. The lowest BCUT2D eigenvalue weighted by Gasteiger charge is -2.20. The molecule has 2 heterocycles. The molecule has 3 rings (SSSR count). The van der Waals surface area contributed by atoms with E-state index < -0.39 is 0 Å². The number of rotatable bonds is 4. The van der Waals surface area contributed by atoms with Crippen LogP contribution in [-0.2, 0) is 0 Å². The summed E-state index contributed by atoms with van der Waals surface area (Å²) in [6.07, 6.45) is 4.19. The molecule has 1 aromatic heterocycles. The van der Waals surface area contributed by atoms with Gasteiger partial charge in [0.25, 0.3) is 0 Å². The Morgan fingerprint density at radius 3 is 2.64 bits per heavy atom. The maximum Gasteiger partial charge on any atom is 0.225 e. The van der Waals surface area contributed by atoms with Gasteiger partial charge in [-0.1, -0.05) is 41.4 Å². The third-order valence-electron chi connectivity index (χ3n) is 3.64. The number of halogens is 3. The van der Waals surface area contributed by atoms with Crippen LogP contribution in [0, 0.1) is 0 Å². The molecular weight excluding hydrogens is 343 g/mol. The van der Waals surface area contributed by atoms with Gasteiger partial charge in [-0.05, 0) is 12.5 Å². The molecule has 7 heteroatoms. The van der Waals surface area contributed by atoms with E-state index in [2.05, 4.69) is 20.2 Å². The summed E-state index contributed by atoms with van der Waals surface area (Å²) in [4.78, 5) is 10.6. The highest BCUT2D eigenvalue weighted by Gasteiger charge is 2.26. The molecule has 1 aliphatic heterocycles. The number of hydrogen-bond acceptors (Lipinski definition) is 4. The average Bonchev–Trinajstić information content (AvgIpc) is 2.97. The number of alkyl halides is 1. The van der Waals surface area contributed by atoms with E-state index in [0.717, 1.165) is 25.1 Å². The fourth-order valence-electron chi connectivity index (χ4n) is 2.52. The summed E-state index contributed by atoms with van der Waals surface area (Å²) in [7, 11) is 0. The molecule has 2 unspecified atom stereocenters. The molecule has 22 heavy (non-hydrogen) atoms. The molecular formula is C15H15Cl3N4. The largest absolute Gasteiger partial charge is 0.339 e. The molecule has 1 aromatic carbocycles. The van der Waals surface area contributed by atoms with Crippen molar-refractivity contribution in [1.29, 1.82) is 0 Å². The monoisotopic (exact) mass is 356 g/mol. The van der Waals surface area contributed by atoms with Gasteiger partial charge in [0.2, 0.25) is 5.95 Å². The number of aromatic nitrogens is 2. The predicted octanol–water partition coefficient (Wildman–Crippen LogP) is 3.89. The van der Waals surface area contributed by atoms with Gasteiger partial charge in [-0.25, -0.2) is 9.97 Å². The fraction of sp³-hybridized carbons (Fsp3) is 0.333. The second kappa shape index (κ2) is 7.01. The normalized spacial score (nSPS) is 19.4. The summed E-state index contributed by atoms with van der Waals surface area (Å²) in [6.45, 7) is 1.68. The lowest BCUT2D eigenvalue weighted by molar-refractivity contribution is 0.537. The molecule has 2 aromatic rings. The minimum atomic E-state index is -0.315. The van der Waals surface area contributed by atoms with Crippen LogP contribution in [0.3, 0.4) is 0 Å². The molecule has 116 valence electrons. The number of hydrogen-bond donors (Lipinski definition) is 1. The van der Waals surface area contributed by atoms with Crippen LogP contribution in [0.2, 0.25) is 10.0 Å². The zero-order valence-corrected chi connectivity index (χ0v) is 14.0. The van der Waals surface area contributed by atoms with E-state index in [9.17, 15) is 0 Å². The third kappa shape index (κ3) is 3.63. The van der Waals surface area contributed by atoms with Gasteiger partial charge in [0, 0.05) is 29.7 Å². The van der Waals surface area contributed by atoms with Gasteiger partial charge in [-0.3, -0.25) is 5.32 Å². The summed E-state index contributed by atoms with van der Waals surface area (Å²) in [5, 5.41) is 4.62. The Morgan fingerprint density at radius 1 is 1.18 bits per heavy atom. The maximum absolute atomic E-state index is 6.44. The first-order valence-electron chi connectivity index (χ1n) is 7.00. The smallest absolute Gasteiger partial charge is 0.225 e. The van der Waals surface area contributed by atoms with Crippen molar-refractivity contribution >= 4 is 40.8 Å². The van der Waals surface area contributed by atoms with Gasteiger partial charge < -0.3 is 4.90 Å². The molecule has 0 saturated carbocycles. The topological polar surface area (TPSA) is 41.1 Å². The zero-order chi connectivity index (χ0) is 15.5. The van der Waals surface area contributed by atoms with Crippen LogP contribution in [0.4, 0.5) is 5.95 Å². The highest BCUT2D eigenvalue weighted by atomic mass is 35.5. The number of anilines is 1. The fourth-order valence-corrected chi connectivity index (χ4v) is 3.29. The first kappa shape index (κ1) is 15.8. The summed E-state index contributed by atoms with van der Waals surface area (Å²) in [5.41, 5.74) is 0.580. The van der Waals surface area contributed by atoms with Crippen molar-refractivity contribution in [3.8, 4) is 0 Å².